The van der Waals surface area contributed by atoms with E-state index in [0.717, 1.165) is 19.0 Å². The van der Waals surface area contributed by atoms with E-state index >= 15 is 0 Å². The van der Waals surface area contributed by atoms with Crippen LogP contribution in [0.3, 0.4) is 0 Å². The van der Waals surface area contributed by atoms with Gasteiger partial charge in [-0.3, -0.25) is 4.79 Å². The summed E-state index contributed by atoms with van der Waals surface area (Å²) in [6.45, 7) is 6.45. The third-order valence-electron chi connectivity index (χ3n) is 5.51. The predicted molar refractivity (Wildman–Crippen MR) is 79.4 cm³/mol. The number of halogens is 1. The third kappa shape index (κ3) is 2.64. The van der Waals surface area contributed by atoms with Crippen LogP contribution < -0.4 is 5.32 Å². The minimum absolute atomic E-state index is 0. The Balaban J connectivity index is 0.00000133. The minimum Gasteiger partial charge on any atom is -0.336 e. The summed E-state index contributed by atoms with van der Waals surface area (Å²) in [7, 11) is 0. The first kappa shape index (κ1) is 15.1. The fourth-order valence-electron chi connectivity index (χ4n) is 4.19. The summed E-state index contributed by atoms with van der Waals surface area (Å²) in [6.07, 6.45) is 6.52. The predicted octanol–water partition coefficient (Wildman–Crippen LogP) is 2.44. The number of fused-ring (bicyclic) bond motifs is 1. The molecule has 3 fully saturated rings. The average Bonchev–Trinajstić information content (AvgIpc) is 2.61. The van der Waals surface area contributed by atoms with Crippen molar-refractivity contribution in [2.45, 2.75) is 58.0 Å². The van der Waals surface area contributed by atoms with Crippen molar-refractivity contribution in [2.24, 2.45) is 17.8 Å². The van der Waals surface area contributed by atoms with Crippen molar-refractivity contribution in [1.29, 1.82) is 0 Å². The molecule has 0 aromatic rings. The molecular weight excluding hydrogens is 260 g/mol. The zero-order valence-corrected chi connectivity index (χ0v) is 12.9. The molecule has 1 aliphatic carbocycles. The second-order valence-corrected chi connectivity index (χ2v) is 6.65. The first-order valence-corrected chi connectivity index (χ1v) is 7.71. The Morgan fingerprint density at radius 1 is 1.26 bits per heavy atom. The van der Waals surface area contributed by atoms with Crippen LogP contribution in [0.25, 0.3) is 0 Å². The van der Waals surface area contributed by atoms with Crippen molar-refractivity contribution in [3.8, 4) is 0 Å². The van der Waals surface area contributed by atoms with Gasteiger partial charge in [-0.1, -0.05) is 19.8 Å². The maximum Gasteiger partial charge on any atom is 0.226 e. The summed E-state index contributed by atoms with van der Waals surface area (Å²) >= 11 is 0. The second-order valence-electron chi connectivity index (χ2n) is 6.65. The largest absolute Gasteiger partial charge is 0.336 e. The van der Waals surface area contributed by atoms with E-state index in [1.165, 1.54) is 32.1 Å². The first-order chi connectivity index (χ1) is 8.68. The molecule has 3 rings (SSSR count). The molecule has 0 spiro atoms. The lowest BCUT2D eigenvalue weighted by atomic mass is 9.84. The van der Waals surface area contributed by atoms with Crippen LogP contribution in [0.5, 0.6) is 0 Å². The molecule has 0 aromatic carbocycles. The second kappa shape index (κ2) is 6.01. The van der Waals surface area contributed by atoms with Crippen molar-refractivity contribution in [1.82, 2.24) is 10.2 Å². The van der Waals surface area contributed by atoms with Crippen molar-refractivity contribution < 1.29 is 4.79 Å². The van der Waals surface area contributed by atoms with Crippen molar-refractivity contribution in [3.05, 3.63) is 0 Å². The van der Waals surface area contributed by atoms with Crippen LogP contribution in [0.1, 0.15) is 46.0 Å². The number of hydrogen-bond acceptors (Lipinski definition) is 2. The smallest absolute Gasteiger partial charge is 0.226 e. The summed E-state index contributed by atoms with van der Waals surface area (Å²) < 4.78 is 0. The Morgan fingerprint density at radius 2 is 1.95 bits per heavy atom. The Hall–Kier alpha value is -0.280. The molecule has 1 amide bonds. The summed E-state index contributed by atoms with van der Waals surface area (Å²) in [6, 6.07) is 1.04. The summed E-state index contributed by atoms with van der Waals surface area (Å²) in [5.74, 6) is 2.02. The van der Waals surface area contributed by atoms with E-state index in [-0.39, 0.29) is 18.3 Å². The van der Waals surface area contributed by atoms with Crippen molar-refractivity contribution >= 4 is 18.3 Å². The van der Waals surface area contributed by atoms with E-state index in [4.69, 9.17) is 0 Å². The van der Waals surface area contributed by atoms with Crippen LogP contribution in [-0.4, -0.2) is 36.0 Å². The van der Waals surface area contributed by atoms with Crippen LogP contribution in [0, 0.1) is 17.8 Å². The molecule has 0 radical (unpaired) electrons. The van der Waals surface area contributed by atoms with E-state index in [1.807, 2.05) is 0 Å². The molecule has 3 aliphatic rings. The van der Waals surface area contributed by atoms with Gasteiger partial charge in [0, 0.05) is 18.0 Å². The van der Waals surface area contributed by atoms with Crippen LogP contribution in [0.2, 0.25) is 0 Å². The highest BCUT2D eigenvalue weighted by Crippen LogP contribution is 2.40. The Labute approximate surface area is 122 Å². The van der Waals surface area contributed by atoms with E-state index in [2.05, 4.69) is 24.1 Å². The van der Waals surface area contributed by atoms with Gasteiger partial charge in [0.15, 0.2) is 0 Å². The highest BCUT2D eigenvalue weighted by atomic mass is 35.5. The number of carbonyl (C=O) groups excluding carboxylic acids is 1. The summed E-state index contributed by atoms with van der Waals surface area (Å²) in [5, 5.41) is 3.28. The molecular formula is C15H27ClN2O. The van der Waals surface area contributed by atoms with Crippen LogP contribution in [-0.2, 0) is 4.79 Å². The maximum atomic E-state index is 12.7. The van der Waals surface area contributed by atoms with E-state index in [0.29, 0.717) is 23.9 Å². The van der Waals surface area contributed by atoms with Crippen LogP contribution in [0.4, 0.5) is 0 Å². The molecule has 1 N–H and O–H groups in total. The van der Waals surface area contributed by atoms with E-state index < -0.39 is 0 Å². The van der Waals surface area contributed by atoms with Crippen LogP contribution >= 0.6 is 12.4 Å². The molecule has 2 saturated heterocycles. The van der Waals surface area contributed by atoms with Crippen molar-refractivity contribution in [3.63, 3.8) is 0 Å². The lowest BCUT2D eigenvalue weighted by molar-refractivity contribution is -0.140. The van der Waals surface area contributed by atoms with E-state index in [9.17, 15) is 4.79 Å². The van der Waals surface area contributed by atoms with Gasteiger partial charge in [-0.2, -0.15) is 0 Å². The summed E-state index contributed by atoms with van der Waals surface area (Å²) in [4.78, 5) is 15.0. The fraction of sp³-hybridized carbons (Fsp3) is 0.933. The molecule has 2 heterocycles. The topological polar surface area (TPSA) is 32.3 Å². The SMILES string of the molecule is CC(C(=O)N1C(C)CC2CCCCC21)C1CNC1.Cl. The van der Waals surface area contributed by atoms with Gasteiger partial charge < -0.3 is 10.2 Å². The number of likely N-dealkylation sites (tertiary alicyclic amines) is 1. The third-order valence-corrected chi connectivity index (χ3v) is 5.51. The molecule has 3 nitrogen and oxygen atoms in total. The molecule has 4 atom stereocenters. The minimum atomic E-state index is 0. The van der Waals surface area contributed by atoms with Gasteiger partial charge in [-0.15, -0.1) is 12.4 Å². The zero-order chi connectivity index (χ0) is 12.7. The quantitative estimate of drug-likeness (QED) is 0.846. The molecule has 0 bridgehead atoms. The van der Waals surface area contributed by atoms with Gasteiger partial charge >= 0.3 is 0 Å². The van der Waals surface area contributed by atoms with E-state index in [1.54, 1.807) is 0 Å². The van der Waals surface area contributed by atoms with Gasteiger partial charge in [-0.25, -0.2) is 0 Å². The zero-order valence-electron chi connectivity index (χ0n) is 12.1. The number of hydrogen-bond donors (Lipinski definition) is 1. The van der Waals surface area contributed by atoms with Gasteiger partial charge in [0.2, 0.25) is 5.91 Å². The molecule has 1 saturated carbocycles. The Morgan fingerprint density at radius 3 is 2.58 bits per heavy atom. The maximum absolute atomic E-state index is 12.7. The monoisotopic (exact) mass is 286 g/mol. The van der Waals surface area contributed by atoms with Gasteiger partial charge in [0.1, 0.15) is 0 Å². The molecule has 110 valence electrons. The molecule has 19 heavy (non-hydrogen) atoms. The number of rotatable bonds is 2. The lowest BCUT2D eigenvalue weighted by Crippen LogP contribution is -2.52. The number of nitrogens with zero attached hydrogens (tertiary/aromatic N) is 1. The highest BCUT2D eigenvalue weighted by Gasteiger charge is 2.44. The molecule has 4 unspecified atom stereocenters. The average molecular weight is 287 g/mol. The van der Waals surface area contributed by atoms with Crippen LogP contribution in [0.15, 0.2) is 0 Å². The van der Waals surface area contributed by atoms with Gasteiger partial charge in [-0.05, 0) is 51.1 Å². The lowest BCUT2D eigenvalue weighted by Gasteiger charge is -2.39. The first-order valence-electron chi connectivity index (χ1n) is 7.71. The number of nitrogens with one attached hydrogen (secondary N) is 1. The number of carbonyl (C=O) groups is 1. The molecule has 2 aliphatic heterocycles. The Kier molecular flexibility index (Phi) is 4.78. The van der Waals surface area contributed by atoms with Gasteiger partial charge in [0.25, 0.3) is 0 Å². The number of amides is 1. The highest BCUT2D eigenvalue weighted by molar-refractivity contribution is 5.85. The Bertz CT molecular complexity index is 332. The van der Waals surface area contributed by atoms with Gasteiger partial charge in [0.05, 0.1) is 0 Å². The van der Waals surface area contributed by atoms with Crippen molar-refractivity contribution in [2.75, 3.05) is 13.1 Å². The fourth-order valence-corrected chi connectivity index (χ4v) is 4.19. The molecule has 4 heteroatoms. The standard InChI is InChI=1S/C15H26N2O.ClH/c1-10-7-12-5-3-4-6-14(12)17(10)15(18)11(2)13-8-16-9-13;/h10-14,16H,3-9H2,1-2H3;1H. The normalized spacial score (nSPS) is 36.1. The molecule has 0 aromatic heterocycles. The summed E-state index contributed by atoms with van der Waals surface area (Å²) in [5.41, 5.74) is 0.